The summed E-state index contributed by atoms with van der Waals surface area (Å²) in [4.78, 5) is 2.39. The number of aliphatic hydroxyl groups is 1. The molecule has 420 valence electrons. The Bertz CT molecular complexity index is 3310. The van der Waals surface area contributed by atoms with E-state index in [0.717, 1.165) is 61.7 Å². The molecule has 82 heavy (non-hydrogen) atoms. The van der Waals surface area contributed by atoms with Crippen molar-refractivity contribution in [3.63, 3.8) is 0 Å². The normalized spacial score (nSPS) is 13.5. The molecular weight excluding hydrogens is 999 g/mol. The van der Waals surface area contributed by atoms with Crippen LogP contribution in [-0.2, 0) is 6.61 Å². The molecule has 0 amide bonds. The van der Waals surface area contributed by atoms with Crippen LogP contribution in [-0.4, -0.2) is 72.1 Å². The first-order valence-electron chi connectivity index (χ1n) is 29.6. The van der Waals surface area contributed by atoms with Gasteiger partial charge in [0.15, 0.2) is 11.4 Å². The molecule has 0 bridgehead atoms. The largest absolute Gasteiger partial charge is 0.497 e. The Kier molecular flexibility index (Phi) is 23.6. The Morgan fingerprint density at radius 2 is 0.780 bits per heavy atom. The summed E-state index contributed by atoms with van der Waals surface area (Å²) < 4.78 is 10.1. The van der Waals surface area contributed by atoms with Crippen LogP contribution in [0, 0.1) is 20.8 Å². The Labute approximate surface area is 492 Å². The van der Waals surface area contributed by atoms with Crippen LogP contribution in [0.4, 0.5) is 5.69 Å². The van der Waals surface area contributed by atoms with E-state index in [0.29, 0.717) is 0 Å². The van der Waals surface area contributed by atoms with Gasteiger partial charge in [0.25, 0.3) is 0 Å². The van der Waals surface area contributed by atoms with Crippen LogP contribution in [0.2, 0.25) is 0 Å². The van der Waals surface area contributed by atoms with Gasteiger partial charge in [-0.3, -0.25) is 0 Å². The maximum Gasteiger partial charge on any atom is 0.199 e. The number of hydrogen-bond acceptors (Lipinski definition) is 3. The number of nitrogens with zero attached hydrogens (tertiary/aromatic N) is 3. The Hall–Kier alpha value is -8.38. The minimum absolute atomic E-state index is 0.0495. The van der Waals surface area contributed by atoms with Gasteiger partial charge in [0.1, 0.15) is 31.9 Å². The summed E-state index contributed by atoms with van der Waals surface area (Å²) in [6, 6.07) is 52.0. The third kappa shape index (κ3) is 16.8. The van der Waals surface area contributed by atoms with Crippen molar-refractivity contribution in [2.45, 2.75) is 80.8 Å². The van der Waals surface area contributed by atoms with Crippen molar-refractivity contribution in [1.29, 1.82) is 0 Å². The molecule has 6 aromatic rings. The lowest BCUT2D eigenvalue weighted by atomic mass is 9.89. The summed E-state index contributed by atoms with van der Waals surface area (Å²) >= 11 is 0. The van der Waals surface area contributed by atoms with E-state index >= 15 is 0 Å². The van der Waals surface area contributed by atoms with Gasteiger partial charge in [-0.2, -0.15) is 0 Å². The SMILES string of the molecule is CCN(CC)c1ccc(C(C=CC=CC(c2ccc(C)cc2)c2ccc(C)cc2)=C2C=CC(=[N+](CC)CC)C=C2)cc1.CC[N+](CC)=C1C=CC(=C(C=CC=CC(c2ccc(C)cc2)c2ccc(CO)cc2)c2ccc(OC)cc2)C=C1. The molecule has 0 fully saturated rings. The molecule has 6 aromatic carbocycles. The summed E-state index contributed by atoms with van der Waals surface area (Å²) in [5, 5.41) is 9.49. The number of rotatable bonds is 21. The second kappa shape index (κ2) is 31.6. The van der Waals surface area contributed by atoms with E-state index in [1.165, 1.54) is 78.3 Å². The molecular formula is C77H87N3O2+2. The number of ether oxygens (including phenoxy) is 1. The average molecular weight is 1090 g/mol. The van der Waals surface area contributed by atoms with E-state index in [1.807, 2.05) is 24.3 Å². The Balaban J connectivity index is 0.000000236. The summed E-state index contributed by atoms with van der Waals surface area (Å²) in [6.07, 6.45) is 35.5. The van der Waals surface area contributed by atoms with Crippen LogP contribution in [0.15, 0.2) is 254 Å². The molecule has 2 aliphatic carbocycles. The van der Waals surface area contributed by atoms with E-state index in [9.17, 15) is 5.11 Å². The average Bonchev–Trinajstić information content (AvgIpc) is 3.56. The molecule has 5 heteroatoms. The zero-order chi connectivity index (χ0) is 58.2. The first-order chi connectivity index (χ1) is 40.0. The lowest BCUT2D eigenvalue weighted by Crippen LogP contribution is -2.21. The van der Waals surface area contributed by atoms with Crippen molar-refractivity contribution < 1.29 is 19.0 Å². The second-order valence-electron chi connectivity index (χ2n) is 20.8. The molecule has 0 aromatic heterocycles. The fourth-order valence-corrected chi connectivity index (χ4v) is 10.4. The van der Waals surface area contributed by atoms with Gasteiger partial charge in [0, 0.05) is 54.9 Å². The molecule has 8 rings (SSSR count). The van der Waals surface area contributed by atoms with Crippen molar-refractivity contribution in [3.05, 3.63) is 310 Å². The van der Waals surface area contributed by atoms with E-state index in [4.69, 9.17) is 4.74 Å². The van der Waals surface area contributed by atoms with Crippen LogP contribution in [0.5, 0.6) is 5.75 Å². The minimum atomic E-state index is 0.0495. The van der Waals surface area contributed by atoms with Gasteiger partial charge in [-0.25, -0.2) is 9.15 Å². The molecule has 0 aliphatic heterocycles. The van der Waals surface area contributed by atoms with E-state index in [2.05, 4.69) is 295 Å². The predicted molar refractivity (Wildman–Crippen MR) is 352 cm³/mol. The summed E-state index contributed by atoms with van der Waals surface area (Å²) in [5.41, 5.74) is 20.6. The number of anilines is 1. The highest BCUT2D eigenvalue weighted by atomic mass is 16.5. The molecule has 1 atom stereocenters. The smallest absolute Gasteiger partial charge is 0.199 e. The van der Waals surface area contributed by atoms with Crippen LogP contribution in [0.1, 0.15) is 109 Å². The number of allylic oxidation sites excluding steroid dienone is 20. The number of hydrogen-bond donors (Lipinski definition) is 1. The van der Waals surface area contributed by atoms with Crippen LogP contribution < -0.4 is 9.64 Å². The third-order valence-electron chi connectivity index (χ3n) is 15.5. The molecule has 1 unspecified atom stereocenters. The second-order valence-corrected chi connectivity index (χ2v) is 20.8. The molecule has 0 saturated carbocycles. The van der Waals surface area contributed by atoms with Crippen molar-refractivity contribution in [2.75, 3.05) is 51.3 Å². The van der Waals surface area contributed by atoms with Crippen LogP contribution in [0.25, 0.3) is 11.1 Å². The van der Waals surface area contributed by atoms with Crippen molar-refractivity contribution in [2.24, 2.45) is 0 Å². The topological polar surface area (TPSA) is 38.7 Å². The van der Waals surface area contributed by atoms with Gasteiger partial charge in [-0.05, 0) is 172 Å². The van der Waals surface area contributed by atoms with E-state index in [-0.39, 0.29) is 18.4 Å². The number of methoxy groups -OCH3 is 1. The molecule has 0 radical (unpaired) electrons. The predicted octanol–water partition coefficient (Wildman–Crippen LogP) is 17.3. The molecule has 2 aliphatic rings. The van der Waals surface area contributed by atoms with E-state index in [1.54, 1.807) is 7.11 Å². The maximum atomic E-state index is 9.49. The third-order valence-corrected chi connectivity index (χ3v) is 15.5. The Morgan fingerprint density at radius 3 is 1.10 bits per heavy atom. The lowest BCUT2D eigenvalue weighted by molar-refractivity contribution is -0.519. The Morgan fingerprint density at radius 1 is 0.439 bits per heavy atom. The van der Waals surface area contributed by atoms with Crippen molar-refractivity contribution in [3.8, 4) is 5.75 Å². The first kappa shape index (κ1) is 61.2. The number of aryl methyl sites for hydroxylation is 3. The van der Waals surface area contributed by atoms with Gasteiger partial charge < -0.3 is 14.7 Å². The molecule has 1 N–H and O–H groups in total. The van der Waals surface area contributed by atoms with Gasteiger partial charge in [0.05, 0.1) is 13.7 Å². The minimum Gasteiger partial charge on any atom is -0.497 e. The van der Waals surface area contributed by atoms with Crippen LogP contribution >= 0.6 is 0 Å². The maximum absolute atomic E-state index is 9.49. The highest BCUT2D eigenvalue weighted by Crippen LogP contribution is 2.32. The van der Waals surface area contributed by atoms with Gasteiger partial charge >= 0.3 is 0 Å². The highest BCUT2D eigenvalue weighted by molar-refractivity contribution is 6.04. The fraction of sp³-hybridized carbons (Fsp3) is 0.247. The zero-order valence-electron chi connectivity index (χ0n) is 50.4. The lowest BCUT2D eigenvalue weighted by Gasteiger charge is -2.21. The summed E-state index contributed by atoms with van der Waals surface area (Å²) in [6.45, 7) is 25.7. The quantitative estimate of drug-likeness (QED) is 0.0577. The monoisotopic (exact) mass is 1090 g/mol. The van der Waals surface area contributed by atoms with Gasteiger partial charge in [-0.1, -0.05) is 187 Å². The number of aliphatic hydroxyl groups excluding tert-OH is 1. The van der Waals surface area contributed by atoms with Gasteiger partial charge in [0.2, 0.25) is 0 Å². The highest BCUT2D eigenvalue weighted by Gasteiger charge is 2.16. The summed E-state index contributed by atoms with van der Waals surface area (Å²) in [5.74, 6) is 1.15. The van der Waals surface area contributed by atoms with Crippen molar-refractivity contribution in [1.82, 2.24) is 0 Å². The van der Waals surface area contributed by atoms with E-state index < -0.39 is 0 Å². The van der Waals surface area contributed by atoms with Crippen molar-refractivity contribution >= 4 is 28.3 Å². The molecule has 0 heterocycles. The van der Waals surface area contributed by atoms with Gasteiger partial charge in [-0.15, -0.1) is 0 Å². The fourth-order valence-electron chi connectivity index (χ4n) is 10.4. The molecule has 0 spiro atoms. The molecule has 5 nitrogen and oxygen atoms in total. The molecule has 0 saturated heterocycles. The summed E-state index contributed by atoms with van der Waals surface area (Å²) in [7, 11) is 1.69. The first-order valence-corrected chi connectivity index (χ1v) is 29.6. The number of benzene rings is 6. The standard InChI is InChI=1S/C40H47N2.C37H40NO2/c1-7-41(8-2)37-27-23-35(24-28-37)40(36-25-29-38(30-26-36)42(9-3)10-4)14-12-11-13-39(33-19-15-31(5)16-20-33)34-21-17-32(6)18-22-34;1-5-38(6-2)34-23-19-32(20-24-34)37(33-21-25-35(40-4)26-22-33)10-8-7-9-36(30-15-11-28(3)12-16-30)31-17-13-29(27-39)14-18-31/h11-30,39H,7-10H2,1-6H3;7-26,36,39H,5-6,27H2,1-4H3/q2*+1. The van der Waals surface area contributed by atoms with Crippen LogP contribution in [0.3, 0.4) is 0 Å². The zero-order valence-corrected chi connectivity index (χ0v) is 50.4.